The minimum atomic E-state index is -5.58. The quantitative estimate of drug-likeness (QED) is 0.0214. The average Bonchev–Trinajstić information content (AvgIpc) is 0.920. The Kier molecular flexibility index (Phi) is 17.3. The van der Waals surface area contributed by atoms with Crippen LogP contribution in [0.4, 0.5) is 69.3 Å². The first-order valence-corrected chi connectivity index (χ1v) is 33.6. The molecular weight excluding hydrogens is 1370 g/mol. The largest absolute Gasteiger partial charge is 0.505 e. The number of phenols is 2. The topological polar surface area (TPSA) is 576 Å². The molecule has 9 rings (SSSR count). The summed E-state index contributed by atoms with van der Waals surface area (Å²) in [5, 5.41) is 44.8. The Morgan fingerprint density at radius 1 is 0.393 bits per heavy atom. The number of azo groups is 2. The van der Waals surface area contributed by atoms with Crippen molar-refractivity contribution in [3.05, 3.63) is 114 Å². The molecule has 0 saturated heterocycles. The molecule has 0 amide bonds. The van der Waals surface area contributed by atoms with Gasteiger partial charge in [0, 0.05) is 22.1 Å². The fraction of sp³-hybridized carbons (Fsp3) is 0. The van der Waals surface area contributed by atoms with Gasteiger partial charge >= 0.3 is 0 Å². The Morgan fingerprint density at radius 3 is 1.22 bits per heavy atom. The SMILES string of the molecule is O=[SH](=O)c1cccc(Nc2nc(Cl)nc(Nc3cc(S(=O)(=O)O)cc4cc(S(=O)(=O)O)c(/N=N/c5cc(Nc6nc(Cl)nc(Nc7cc(S(=O)(=O)O)cc8cc(S(=O)(=O)O)c(/N=N/c9ccccc9S(=O)(=O)O)c(O)c78)n6)ccc5S(=O)(=O)O)c(O)c34)n2)c1. The van der Waals surface area contributed by atoms with Gasteiger partial charge in [-0.2, -0.15) is 80.4 Å². The number of nitrogens with zero attached hydrogens (tertiary/aromatic N) is 10. The van der Waals surface area contributed by atoms with E-state index < -0.39 is 196 Å². The van der Waals surface area contributed by atoms with Crippen LogP contribution in [-0.4, -0.2) is 126 Å². The molecule has 7 aromatic carbocycles. The van der Waals surface area contributed by atoms with E-state index in [0.29, 0.717) is 42.5 Å². The van der Waals surface area contributed by atoms with Crippen LogP contribution in [0.3, 0.4) is 0 Å². The van der Waals surface area contributed by atoms with Crippen LogP contribution in [0.25, 0.3) is 21.5 Å². The first kappa shape index (κ1) is 64.5. The number of aromatic hydroxyl groups is 2. The van der Waals surface area contributed by atoms with E-state index in [9.17, 15) is 96.5 Å². The highest BCUT2D eigenvalue weighted by molar-refractivity contribution is 7.87. The predicted molar refractivity (Wildman–Crippen MR) is 309 cm³/mol. The number of benzene rings is 7. The van der Waals surface area contributed by atoms with E-state index in [1.807, 2.05) is 0 Å². The van der Waals surface area contributed by atoms with Crippen molar-refractivity contribution < 1.29 is 96.5 Å². The van der Waals surface area contributed by atoms with Crippen LogP contribution in [0.1, 0.15) is 0 Å². The van der Waals surface area contributed by atoms with Gasteiger partial charge in [0.1, 0.15) is 42.3 Å². The molecule has 0 spiro atoms. The second-order valence-electron chi connectivity index (χ2n) is 17.5. The van der Waals surface area contributed by atoms with Crippen LogP contribution in [0, 0.1) is 0 Å². The van der Waals surface area contributed by atoms with Gasteiger partial charge in [-0.1, -0.05) is 18.2 Å². The number of anilines is 8. The monoisotopic (exact) mass is 1400 g/mol. The Labute approximate surface area is 509 Å². The summed E-state index contributed by atoms with van der Waals surface area (Å²) in [5.41, 5.74) is -5.26. The molecule has 0 bridgehead atoms. The molecule has 0 aliphatic heterocycles. The lowest BCUT2D eigenvalue weighted by atomic mass is 10.1. The van der Waals surface area contributed by atoms with E-state index in [0.717, 1.165) is 24.3 Å². The summed E-state index contributed by atoms with van der Waals surface area (Å²) in [7, 11) is -34.9. The molecule has 2 heterocycles. The Balaban J connectivity index is 1.12. The van der Waals surface area contributed by atoms with E-state index in [4.69, 9.17) is 23.2 Å². The molecule has 0 aliphatic carbocycles. The third-order valence-corrected chi connectivity index (χ3v) is 17.8. The van der Waals surface area contributed by atoms with Crippen LogP contribution in [0.2, 0.25) is 10.6 Å². The molecule has 9 aromatic rings. The van der Waals surface area contributed by atoms with Crippen molar-refractivity contribution in [3.8, 4) is 11.5 Å². The molecule has 464 valence electrons. The van der Waals surface area contributed by atoms with Gasteiger partial charge in [0.05, 0.1) is 26.1 Å². The van der Waals surface area contributed by atoms with Gasteiger partial charge in [0.15, 0.2) is 22.2 Å². The number of rotatable bonds is 19. The van der Waals surface area contributed by atoms with Gasteiger partial charge in [-0.3, -0.25) is 27.3 Å². The van der Waals surface area contributed by atoms with Crippen LogP contribution in [0.5, 0.6) is 11.5 Å². The highest BCUT2D eigenvalue weighted by atomic mass is 35.5. The van der Waals surface area contributed by atoms with Crippen molar-refractivity contribution in [1.82, 2.24) is 29.9 Å². The van der Waals surface area contributed by atoms with Crippen molar-refractivity contribution in [3.63, 3.8) is 0 Å². The minimum Gasteiger partial charge on any atom is -0.505 e. The van der Waals surface area contributed by atoms with Crippen LogP contribution in [-0.2, 0) is 71.4 Å². The summed E-state index contributed by atoms with van der Waals surface area (Å²) in [6.07, 6.45) is 0. The third-order valence-electron chi connectivity index (χ3n) is 11.6. The Bertz CT molecular complexity index is 5400. The molecule has 0 unspecified atom stereocenters. The number of phenolic OH excluding ortho intramolecular Hbond substituents is 2. The summed E-state index contributed by atoms with van der Waals surface area (Å²) in [4.78, 5) is 17.1. The summed E-state index contributed by atoms with van der Waals surface area (Å²) in [5.74, 6) is -4.74. The molecule has 89 heavy (non-hydrogen) atoms. The molecular formula is C44H30Cl2N14O22S7. The lowest BCUT2D eigenvalue weighted by Gasteiger charge is -2.15. The van der Waals surface area contributed by atoms with Gasteiger partial charge in [0.25, 0.3) is 60.7 Å². The molecule has 2 aromatic heterocycles. The Morgan fingerprint density at radius 2 is 0.798 bits per heavy atom. The maximum atomic E-state index is 13.0. The molecule has 0 aliphatic rings. The van der Waals surface area contributed by atoms with E-state index in [-0.39, 0.29) is 22.2 Å². The first-order chi connectivity index (χ1) is 41.3. The van der Waals surface area contributed by atoms with Crippen molar-refractivity contribution in [2.75, 3.05) is 21.3 Å². The molecule has 0 saturated carbocycles. The highest BCUT2D eigenvalue weighted by Gasteiger charge is 2.29. The maximum absolute atomic E-state index is 13.0. The number of halogens is 2. The van der Waals surface area contributed by atoms with Crippen molar-refractivity contribution in [1.29, 1.82) is 0 Å². The zero-order chi connectivity index (χ0) is 65.1. The number of thiol groups is 1. The number of hydrogen-bond acceptors (Lipinski definition) is 30. The molecule has 0 atom stereocenters. The third kappa shape index (κ3) is 14.6. The zero-order valence-corrected chi connectivity index (χ0v) is 50.0. The van der Waals surface area contributed by atoms with E-state index in [1.54, 1.807) is 0 Å². The molecule has 45 heteroatoms. The molecule has 0 fully saturated rings. The van der Waals surface area contributed by atoms with Crippen LogP contribution in [0.15, 0.2) is 158 Å². The molecule has 0 radical (unpaired) electrons. The van der Waals surface area contributed by atoms with Crippen LogP contribution < -0.4 is 21.3 Å². The predicted octanol–water partition coefficient (Wildman–Crippen LogP) is 7.34. The minimum absolute atomic E-state index is 0.118. The fourth-order valence-electron chi connectivity index (χ4n) is 7.98. The molecule has 36 nitrogen and oxygen atoms in total. The van der Waals surface area contributed by atoms with Gasteiger partial charge in [-0.05, 0) is 119 Å². The summed E-state index contributed by atoms with van der Waals surface area (Å²) in [6, 6.07) is 15.7. The van der Waals surface area contributed by atoms with Crippen molar-refractivity contribution >= 4 is 185 Å². The zero-order valence-electron chi connectivity index (χ0n) is 42.7. The number of hydrogen-bond donors (Lipinski definition) is 13. The second-order valence-corrected chi connectivity index (χ2v) is 27.6. The lowest BCUT2D eigenvalue weighted by Crippen LogP contribution is -2.06. The molecule has 12 N–H and O–H groups in total. The lowest BCUT2D eigenvalue weighted by molar-refractivity contribution is 0.471. The van der Waals surface area contributed by atoms with E-state index >= 15 is 0 Å². The summed E-state index contributed by atoms with van der Waals surface area (Å²) < 4.78 is 235. The number of fused-ring (bicyclic) bond motifs is 2. The highest BCUT2D eigenvalue weighted by Crippen LogP contribution is 2.48. The van der Waals surface area contributed by atoms with E-state index in [2.05, 4.69) is 71.6 Å². The fourth-order valence-corrected chi connectivity index (χ4v) is 12.4. The smallest absolute Gasteiger partial charge is 0.296 e. The Hall–Kier alpha value is -8.93. The van der Waals surface area contributed by atoms with Gasteiger partial charge in [0.2, 0.25) is 34.4 Å². The number of aromatic nitrogens is 6. The van der Waals surface area contributed by atoms with Crippen molar-refractivity contribution in [2.24, 2.45) is 20.5 Å². The second kappa shape index (κ2) is 23.9. The van der Waals surface area contributed by atoms with Crippen LogP contribution >= 0.6 is 23.2 Å². The average molecular weight is 1400 g/mol. The number of nitrogens with one attached hydrogen (secondary N) is 4. The summed E-state index contributed by atoms with van der Waals surface area (Å²) >= 11 is 12.4. The standard InChI is InChI=1S/C44H30Cl2N14O22S7/c45-39-51-41(47-20-4-3-5-22(14-20)83(63)64)55-43(53-39)49-28-17-24(85(68,69)70)11-19-13-32(89(80,81)82)36(38(62)34(19)28)60-58-26-15-21(8-9-30(26)87(74,75)76)48-42-52-40(46)54-44(56-42)50-27-16-23(84(65,66)67)10-18-12-31(88(77,78)79)35(37(61)33(18)27)59-57-25-6-1-2-7-29(25)86(71,72)73/h1-17,61-62,83H,(H,65,66,67)(H,68,69,70)(H,71,72,73)(H,74,75,76)(H,77,78,79)(H,80,81,82)(H2,47,49,51,53,55)(H2,48,50,52,54,56)/b59-57+,60-58+. The summed E-state index contributed by atoms with van der Waals surface area (Å²) in [6.45, 7) is 0. The van der Waals surface area contributed by atoms with Crippen molar-refractivity contribution in [2.45, 2.75) is 34.3 Å². The maximum Gasteiger partial charge on any atom is 0.296 e. The first-order valence-electron chi connectivity index (χ1n) is 23.1. The van der Waals surface area contributed by atoms with Gasteiger partial charge in [-0.15, -0.1) is 20.5 Å². The van der Waals surface area contributed by atoms with Gasteiger partial charge in [-0.25, -0.2) is 8.42 Å². The normalized spacial score (nSPS) is 12.8. The van der Waals surface area contributed by atoms with E-state index in [1.165, 1.54) is 36.4 Å². The van der Waals surface area contributed by atoms with Gasteiger partial charge < -0.3 is 31.5 Å².